The summed E-state index contributed by atoms with van der Waals surface area (Å²) in [5, 5.41) is 2.76. The van der Waals surface area contributed by atoms with Gasteiger partial charge >= 0.3 is 0 Å². The number of anilines is 1. The van der Waals surface area contributed by atoms with Gasteiger partial charge in [0.1, 0.15) is 11.9 Å². The predicted octanol–water partition coefficient (Wildman–Crippen LogP) is 2.70. The largest absolute Gasteiger partial charge is 0.493 e. The molecule has 1 atom stereocenters. The van der Waals surface area contributed by atoms with E-state index in [1.807, 2.05) is 0 Å². The fraction of sp³-hybridized carbons (Fsp3) is 0.350. The maximum atomic E-state index is 13.2. The minimum absolute atomic E-state index is 0.177. The summed E-state index contributed by atoms with van der Waals surface area (Å²) in [5.41, 5.74) is 0.987. The van der Waals surface area contributed by atoms with Crippen LogP contribution in [0.1, 0.15) is 18.9 Å². The van der Waals surface area contributed by atoms with Crippen LogP contribution in [0.3, 0.4) is 0 Å². The van der Waals surface area contributed by atoms with Gasteiger partial charge in [-0.1, -0.05) is 13.0 Å². The Kier molecular flexibility index (Phi) is 7.44. The standard InChI is InChI=1S/C20H25FN2O5S/c1-5-17(23(29(4,25)26)16-9-7-15(21)8-10-16)20(24)22-13-14-6-11-18(27-2)19(12-14)28-3/h6-12,17H,5,13H2,1-4H3,(H,22,24)/t17-/m0/s1. The van der Waals surface area contributed by atoms with Crippen LogP contribution in [-0.2, 0) is 21.4 Å². The molecular weight excluding hydrogens is 399 g/mol. The summed E-state index contributed by atoms with van der Waals surface area (Å²) in [6.07, 6.45) is 1.25. The maximum absolute atomic E-state index is 13.2. The zero-order chi connectivity index (χ0) is 21.6. The van der Waals surface area contributed by atoms with Crippen molar-refractivity contribution in [1.29, 1.82) is 0 Å². The number of rotatable bonds is 9. The first-order valence-electron chi connectivity index (χ1n) is 8.94. The molecule has 158 valence electrons. The number of benzene rings is 2. The van der Waals surface area contributed by atoms with E-state index in [0.717, 1.165) is 28.3 Å². The first-order valence-corrected chi connectivity index (χ1v) is 10.8. The van der Waals surface area contributed by atoms with E-state index >= 15 is 0 Å². The number of nitrogens with one attached hydrogen (secondary N) is 1. The maximum Gasteiger partial charge on any atom is 0.244 e. The van der Waals surface area contributed by atoms with Crippen molar-refractivity contribution in [2.75, 3.05) is 24.8 Å². The van der Waals surface area contributed by atoms with E-state index in [1.54, 1.807) is 25.1 Å². The van der Waals surface area contributed by atoms with Crippen LogP contribution in [0.5, 0.6) is 11.5 Å². The quantitative estimate of drug-likeness (QED) is 0.669. The van der Waals surface area contributed by atoms with Gasteiger partial charge in [-0.25, -0.2) is 12.8 Å². The van der Waals surface area contributed by atoms with Gasteiger partial charge in [0.15, 0.2) is 11.5 Å². The number of hydrogen-bond donors (Lipinski definition) is 1. The first-order chi connectivity index (χ1) is 13.7. The van der Waals surface area contributed by atoms with Crippen molar-refractivity contribution in [2.45, 2.75) is 25.9 Å². The average molecular weight is 424 g/mol. The molecule has 2 aromatic carbocycles. The van der Waals surface area contributed by atoms with Gasteiger partial charge in [-0.3, -0.25) is 9.10 Å². The molecule has 0 unspecified atom stereocenters. The van der Waals surface area contributed by atoms with Crippen molar-refractivity contribution in [3.63, 3.8) is 0 Å². The summed E-state index contributed by atoms with van der Waals surface area (Å²) < 4.78 is 49.4. The monoisotopic (exact) mass is 424 g/mol. The average Bonchev–Trinajstić information content (AvgIpc) is 2.69. The van der Waals surface area contributed by atoms with E-state index in [1.165, 1.54) is 26.4 Å². The van der Waals surface area contributed by atoms with E-state index < -0.39 is 27.8 Å². The van der Waals surface area contributed by atoms with Gasteiger partial charge in [0.25, 0.3) is 0 Å². The predicted molar refractivity (Wildman–Crippen MR) is 109 cm³/mol. The number of methoxy groups -OCH3 is 2. The van der Waals surface area contributed by atoms with Crippen LogP contribution in [0.2, 0.25) is 0 Å². The topological polar surface area (TPSA) is 84.9 Å². The van der Waals surface area contributed by atoms with Gasteiger partial charge in [0.2, 0.25) is 15.9 Å². The second-order valence-corrected chi connectivity index (χ2v) is 8.23. The normalized spacial score (nSPS) is 12.2. The summed E-state index contributed by atoms with van der Waals surface area (Å²) in [6, 6.07) is 9.23. The third-order valence-corrected chi connectivity index (χ3v) is 5.51. The molecule has 7 nitrogen and oxygen atoms in total. The number of ether oxygens (including phenoxy) is 2. The number of carbonyl (C=O) groups excluding carboxylic acids is 1. The molecule has 0 bridgehead atoms. The van der Waals surface area contributed by atoms with Crippen molar-refractivity contribution >= 4 is 21.6 Å². The molecule has 0 fully saturated rings. The van der Waals surface area contributed by atoms with E-state index in [4.69, 9.17) is 9.47 Å². The minimum atomic E-state index is -3.78. The minimum Gasteiger partial charge on any atom is -0.493 e. The molecule has 0 saturated carbocycles. The van der Waals surface area contributed by atoms with Crippen LogP contribution >= 0.6 is 0 Å². The molecule has 0 radical (unpaired) electrons. The summed E-state index contributed by atoms with van der Waals surface area (Å²) in [7, 11) is -0.734. The molecular formula is C20H25FN2O5S. The van der Waals surface area contributed by atoms with E-state index in [-0.39, 0.29) is 18.7 Å². The van der Waals surface area contributed by atoms with Gasteiger partial charge < -0.3 is 14.8 Å². The van der Waals surface area contributed by atoms with Crippen molar-refractivity contribution in [1.82, 2.24) is 5.32 Å². The molecule has 29 heavy (non-hydrogen) atoms. The van der Waals surface area contributed by atoms with Crippen molar-refractivity contribution in [2.24, 2.45) is 0 Å². The highest BCUT2D eigenvalue weighted by Gasteiger charge is 2.31. The van der Waals surface area contributed by atoms with Crippen LogP contribution < -0.4 is 19.1 Å². The number of hydrogen-bond acceptors (Lipinski definition) is 5. The highest BCUT2D eigenvalue weighted by atomic mass is 32.2. The lowest BCUT2D eigenvalue weighted by Crippen LogP contribution is -2.49. The number of halogens is 1. The zero-order valence-electron chi connectivity index (χ0n) is 16.8. The number of carbonyl (C=O) groups is 1. The van der Waals surface area contributed by atoms with Crippen LogP contribution in [0, 0.1) is 5.82 Å². The molecule has 0 aliphatic rings. The van der Waals surface area contributed by atoms with E-state index in [0.29, 0.717) is 11.5 Å². The SMILES string of the molecule is CC[C@@H](C(=O)NCc1ccc(OC)c(OC)c1)N(c1ccc(F)cc1)S(C)(=O)=O. The lowest BCUT2D eigenvalue weighted by Gasteiger charge is -2.30. The summed E-state index contributed by atoms with van der Waals surface area (Å²) in [5.74, 6) is 0.133. The van der Waals surface area contributed by atoms with E-state index in [2.05, 4.69) is 5.32 Å². The molecule has 9 heteroatoms. The molecule has 0 aliphatic carbocycles. The lowest BCUT2D eigenvalue weighted by molar-refractivity contribution is -0.122. The third-order valence-electron chi connectivity index (χ3n) is 4.33. The highest BCUT2D eigenvalue weighted by Crippen LogP contribution is 2.27. The Morgan fingerprint density at radius 3 is 2.24 bits per heavy atom. The van der Waals surface area contributed by atoms with Crippen LogP contribution in [-0.4, -0.2) is 40.8 Å². The van der Waals surface area contributed by atoms with E-state index in [9.17, 15) is 17.6 Å². The number of amides is 1. The second-order valence-electron chi connectivity index (χ2n) is 6.37. The number of sulfonamides is 1. The fourth-order valence-electron chi connectivity index (χ4n) is 2.95. The molecule has 0 aliphatic heterocycles. The Bertz CT molecular complexity index is 948. The van der Waals surface area contributed by atoms with Crippen LogP contribution in [0.15, 0.2) is 42.5 Å². The van der Waals surface area contributed by atoms with Gasteiger partial charge in [-0.05, 0) is 48.4 Å². The summed E-state index contributed by atoms with van der Waals surface area (Å²) >= 11 is 0. The molecule has 2 rings (SSSR count). The van der Waals surface area contributed by atoms with Gasteiger partial charge in [0, 0.05) is 6.54 Å². The van der Waals surface area contributed by atoms with Crippen molar-refractivity contribution < 1.29 is 27.1 Å². The fourth-order valence-corrected chi connectivity index (χ4v) is 4.16. The Morgan fingerprint density at radius 2 is 1.72 bits per heavy atom. The highest BCUT2D eigenvalue weighted by molar-refractivity contribution is 7.92. The lowest BCUT2D eigenvalue weighted by atomic mass is 10.1. The number of nitrogens with zero attached hydrogens (tertiary/aromatic N) is 1. The van der Waals surface area contributed by atoms with Gasteiger partial charge in [-0.15, -0.1) is 0 Å². The Balaban J connectivity index is 2.22. The first kappa shape index (κ1) is 22.5. The molecule has 1 amide bonds. The summed E-state index contributed by atoms with van der Waals surface area (Å²) in [6.45, 7) is 1.89. The summed E-state index contributed by atoms with van der Waals surface area (Å²) in [4.78, 5) is 12.8. The third kappa shape index (κ3) is 5.60. The van der Waals surface area contributed by atoms with Gasteiger partial charge in [0.05, 0.1) is 26.2 Å². The van der Waals surface area contributed by atoms with Crippen molar-refractivity contribution in [3.8, 4) is 11.5 Å². The Labute approximate surface area is 170 Å². The Hall–Kier alpha value is -2.81. The Morgan fingerprint density at radius 1 is 1.10 bits per heavy atom. The molecule has 0 spiro atoms. The van der Waals surface area contributed by atoms with Crippen LogP contribution in [0.4, 0.5) is 10.1 Å². The molecule has 0 aromatic heterocycles. The van der Waals surface area contributed by atoms with Crippen LogP contribution in [0.25, 0.3) is 0 Å². The molecule has 1 N–H and O–H groups in total. The molecule has 2 aromatic rings. The van der Waals surface area contributed by atoms with Crippen molar-refractivity contribution in [3.05, 3.63) is 53.8 Å². The van der Waals surface area contributed by atoms with Gasteiger partial charge in [-0.2, -0.15) is 0 Å². The smallest absolute Gasteiger partial charge is 0.244 e. The zero-order valence-corrected chi connectivity index (χ0v) is 17.6. The molecule has 0 saturated heterocycles. The second kappa shape index (κ2) is 9.60. The molecule has 0 heterocycles.